The van der Waals surface area contributed by atoms with Crippen LogP contribution in [0.3, 0.4) is 0 Å². The van der Waals surface area contributed by atoms with Gasteiger partial charge in [-0.05, 0) is 24.2 Å². The van der Waals surface area contributed by atoms with Gasteiger partial charge in [0.2, 0.25) is 0 Å². The zero-order valence-electron chi connectivity index (χ0n) is 10.4. The minimum atomic E-state index is -0.214. The van der Waals surface area contributed by atoms with Gasteiger partial charge in [0.05, 0.1) is 5.84 Å². The highest BCUT2D eigenvalue weighted by molar-refractivity contribution is 5.79. The van der Waals surface area contributed by atoms with Gasteiger partial charge in [0.25, 0.3) is 0 Å². The van der Waals surface area contributed by atoms with Gasteiger partial charge in [-0.15, -0.1) is 0 Å². The van der Waals surface area contributed by atoms with E-state index in [0.29, 0.717) is 0 Å². The van der Waals surface area contributed by atoms with Crippen molar-refractivity contribution in [2.75, 3.05) is 13.1 Å². The Morgan fingerprint density at radius 1 is 1.41 bits per heavy atom. The van der Waals surface area contributed by atoms with Crippen LogP contribution in [-0.4, -0.2) is 23.8 Å². The van der Waals surface area contributed by atoms with Crippen molar-refractivity contribution in [1.29, 1.82) is 5.41 Å². The topological polar surface area (TPSA) is 53.1 Å². The molecule has 3 nitrogen and oxygen atoms in total. The lowest BCUT2D eigenvalue weighted by atomic mass is 10.1. The Labute approximate surface area is 102 Å². The number of amidine groups is 1. The van der Waals surface area contributed by atoms with Crippen LogP contribution >= 0.6 is 0 Å². The van der Waals surface area contributed by atoms with Crippen LogP contribution < -0.4 is 5.73 Å². The summed E-state index contributed by atoms with van der Waals surface area (Å²) < 4.78 is 12.8. The molecule has 0 aliphatic heterocycles. The number of benzene rings is 1. The molecule has 1 unspecified atom stereocenters. The van der Waals surface area contributed by atoms with E-state index in [1.165, 1.54) is 12.1 Å². The zero-order chi connectivity index (χ0) is 12.8. The molecule has 0 aromatic heterocycles. The summed E-state index contributed by atoms with van der Waals surface area (Å²) in [5.74, 6) is 0.0480. The normalized spacial score (nSPS) is 12.7. The summed E-state index contributed by atoms with van der Waals surface area (Å²) in [5.41, 5.74) is 6.53. The number of nitrogens with zero attached hydrogens (tertiary/aromatic N) is 1. The third kappa shape index (κ3) is 4.53. The van der Waals surface area contributed by atoms with Crippen molar-refractivity contribution in [3.63, 3.8) is 0 Å². The van der Waals surface area contributed by atoms with Gasteiger partial charge in [-0.25, -0.2) is 4.39 Å². The molecule has 0 spiro atoms. The minimum absolute atomic E-state index is 0.0513. The van der Waals surface area contributed by atoms with Gasteiger partial charge in [-0.2, -0.15) is 0 Å². The van der Waals surface area contributed by atoms with E-state index in [0.717, 1.165) is 25.2 Å². The molecule has 3 N–H and O–H groups in total. The van der Waals surface area contributed by atoms with Crippen LogP contribution in [0.2, 0.25) is 0 Å². The molecule has 0 bridgehead atoms. The quantitative estimate of drug-likeness (QED) is 0.589. The summed E-state index contributed by atoms with van der Waals surface area (Å²) in [5, 5.41) is 7.38. The summed E-state index contributed by atoms with van der Waals surface area (Å²) in [6.07, 6.45) is 0. The van der Waals surface area contributed by atoms with E-state index in [1.807, 2.05) is 6.92 Å². The van der Waals surface area contributed by atoms with E-state index in [1.54, 1.807) is 12.1 Å². The molecule has 0 aliphatic carbocycles. The Kier molecular flexibility index (Phi) is 5.10. The van der Waals surface area contributed by atoms with Crippen molar-refractivity contribution in [1.82, 2.24) is 4.90 Å². The molecule has 1 atom stereocenters. The van der Waals surface area contributed by atoms with Gasteiger partial charge in [-0.3, -0.25) is 10.3 Å². The Balaban J connectivity index is 2.57. The summed E-state index contributed by atoms with van der Waals surface area (Å²) in [6, 6.07) is 6.52. The maximum absolute atomic E-state index is 12.8. The maximum Gasteiger partial charge on any atom is 0.123 e. The fourth-order valence-electron chi connectivity index (χ4n) is 1.64. The average molecular weight is 237 g/mol. The second-order valence-electron chi connectivity index (χ2n) is 4.31. The largest absolute Gasteiger partial charge is 0.387 e. The van der Waals surface area contributed by atoms with Gasteiger partial charge in [0.15, 0.2) is 0 Å². The van der Waals surface area contributed by atoms with E-state index in [2.05, 4.69) is 11.8 Å². The molecule has 17 heavy (non-hydrogen) atoms. The lowest BCUT2D eigenvalue weighted by Gasteiger charge is -2.23. The molecular formula is C13H20FN3. The summed E-state index contributed by atoms with van der Waals surface area (Å²) in [7, 11) is 0. The SMILES string of the molecule is CCN(Cc1ccc(F)cc1)CC(C)C(=N)N. The average Bonchev–Trinajstić information content (AvgIpc) is 2.30. The standard InChI is InChI=1S/C13H20FN3/c1-3-17(8-10(2)13(15)16)9-11-4-6-12(14)7-5-11/h4-7,10H,3,8-9H2,1-2H3,(H3,15,16). The Morgan fingerprint density at radius 2 is 2.00 bits per heavy atom. The molecule has 0 saturated heterocycles. The monoisotopic (exact) mass is 237 g/mol. The number of nitrogens with two attached hydrogens (primary N) is 1. The second-order valence-corrected chi connectivity index (χ2v) is 4.31. The highest BCUT2D eigenvalue weighted by Gasteiger charge is 2.11. The lowest BCUT2D eigenvalue weighted by molar-refractivity contribution is 0.263. The molecule has 94 valence electrons. The Hall–Kier alpha value is -1.42. The number of nitrogens with one attached hydrogen (secondary N) is 1. The van der Waals surface area contributed by atoms with Crippen molar-refractivity contribution in [3.05, 3.63) is 35.6 Å². The minimum Gasteiger partial charge on any atom is -0.387 e. The molecule has 4 heteroatoms. The summed E-state index contributed by atoms with van der Waals surface area (Å²) in [6.45, 7) is 6.40. The highest BCUT2D eigenvalue weighted by atomic mass is 19.1. The van der Waals surface area contributed by atoms with Gasteiger partial charge < -0.3 is 5.73 Å². The first-order valence-corrected chi connectivity index (χ1v) is 5.83. The molecule has 1 aromatic rings. The smallest absolute Gasteiger partial charge is 0.123 e. The van der Waals surface area contributed by atoms with Crippen molar-refractivity contribution in [3.8, 4) is 0 Å². The van der Waals surface area contributed by atoms with Crippen molar-refractivity contribution in [2.24, 2.45) is 11.7 Å². The van der Waals surface area contributed by atoms with Crippen LogP contribution in [0.4, 0.5) is 4.39 Å². The van der Waals surface area contributed by atoms with E-state index in [9.17, 15) is 4.39 Å². The van der Waals surface area contributed by atoms with E-state index in [-0.39, 0.29) is 17.6 Å². The number of halogens is 1. The van der Waals surface area contributed by atoms with E-state index < -0.39 is 0 Å². The lowest BCUT2D eigenvalue weighted by Crippen LogP contribution is -2.34. The molecule has 0 amide bonds. The molecule has 0 saturated carbocycles. The molecule has 1 aromatic carbocycles. The first-order valence-electron chi connectivity index (χ1n) is 5.83. The fraction of sp³-hybridized carbons (Fsp3) is 0.462. The van der Waals surface area contributed by atoms with Gasteiger partial charge in [-0.1, -0.05) is 26.0 Å². The fourth-order valence-corrected chi connectivity index (χ4v) is 1.64. The van der Waals surface area contributed by atoms with Gasteiger partial charge >= 0.3 is 0 Å². The predicted molar refractivity (Wildman–Crippen MR) is 68.4 cm³/mol. The highest BCUT2D eigenvalue weighted by Crippen LogP contribution is 2.08. The van der Waals surface area contributed by atoms with Crippen LogP contribution in [0, 0.1) is 17.1 Å². The van der Waals surface area contributed by atoms with Crippen LogP contribution in [0.15, 0.2) is 24.3 Å². The zero-order valence-corrected chi connectivity index (χ0v) is 10.4. The Morgan fingerprint density at radius 3 is 2.47 bits per heavy atom. The van der Waals surface area contributed by atoms with Crippen molar-refractivity contribution < 1.29 is 4.39 Å². The molecular weight excluding hydrogens is 217 g/mol. The van der Waals surface area contributed by atoms with Gasteiger partial charge in [0.1, 0.15) is 5.82 Å². The van der Waals surface area contributed by atoms with Crippen molar-refractivity contribution in [2.45, 2.75) is 20.4 Å². The van der Waals surface area contributed by atoms with Gasteiger partial charge in [0, 0.05) is 19.0 Å². The van der Waals surface area contributed by atoms with Crippen LogP contribution in [-0.2, 0) is 6.54 Å². The number of rotatable bonds is 6. The maximum atomic E-state index is 12.8. The molecule has 0 heterocycles. The van der Waals surface area contributed by atoms with E-state index >= 15 is 0 Å². The van der Waals surface area contributed by atoms with Crippen LogP contribution in [0.25, 0.3) is 0 Å². The van der Waals surface area contributed by atoms with E-state index in [4.69, 9.17) is 11.1 Å². The Bertz CT molecular complexity index is 361. The third-order valence-corrected chi connectivity index (χ3v) is 2.83. The predicted octanol–water partition coefficient (Wildman–Crippen LogP) is 2.22. The molecule has 0 aliphatic rings. The second kappa shape index (κ2) is 6.35. The number of hydrogen-bond donors (Lipinski definition) is 2. The molecule has 0 radical (unpaired) electrons. The molecule has 1 rings (SSSR count). The summed E-state index contributed by atoms with van der Waals surface area (Å²) >= 11 is 0. The third-order valence-electron chi connectivity index (χ3n) is 2.83. The first-order chi connectivity index (χ1) is 8.02. The van der Waals surface area contributed by atoms with Crippen LogP contribution in [0.1, 0.15) is 19.4 Å². The molecule has 0 fully saturated rings. The van der Waals surface area contributed by atoms with Crippen LogP contribution in [0.5, 0.6) is 0 Å². The summed E-state index contributed by atoms with van der Waals surface area (Å²) in [4.78, 5) is 2.19. The van der Waals surface area contributed by atoms with Crippen molar-refractivity contribution >= 4 is 5.84 Å². The number of hydrogen-bond acceptors (Lipinski definition) is 2. The first kappa shape index (κ1) is 13.6.